The molecular weight excluding hydrogens is 463 g/mol. The summed E-state index contributed by atoms with van der Waals surface area (Å²) in [5.41, 5.74) is -0.793. The molecule has 8 nitrogen and oxygen atoms in total. The summed E-state index contributed by atoms with van der Waals surface area (Å²) < 4.78 is 22.0. The van der Waals surface area contributed by atoms with Crippen LogP contribution in [0.2, 0.25) is 4.34 Å². The number of aromatic nitrogens is 4. The molecule has 0 saturated carbocycles. The lowest BCUT2D eigenvalue weighted by atomic mass is 10.1. The Balaban J connectivity index is 1.84. The topological polar surface area (TPSA) is 106 Å². The minimum atomic E-state index is -0.890. The predicted molar refractivity (Wildman–Crippen MR) is 116 cm³/mol. The molecule has 0 bridgehead atoms. The molecule has 0 atom stereocenters. The van der Waals surface area contributed by atoms with E-state index < -0.39 is 17.3 Å². The smallest absolute Gasteiger partial charge is 0.299 e. The van der Waals surface area contributed by atoms with Gasteiger partial charge in [0.15, 0.2) is 11.6 Å². The van der Waals surface area contributed by atoms with Gasteiger partial charge in [0.1, 0.15) is 17.5 Å². The van der Waals surface area contributed by atoms with Gasteiger partial charge < -0.3 is 9.88 Å². The highest BCUT2D eigenvalue weighted by atomic mass is 35.5. The van der Waals surface area contributed by atoms with Crippen LogP contribution in [-0.4, -0.2) is 24.6 Å². The molecule has 12 heteroatoms. The van der Waals surface area contributed by atoms with Crippen molar-refractivity contribution in [2.24, 2.45) is 7.05 Å². The number of nitrogens with one attached hydrogen (secondary N) is 1. The molecule has 0 fully saturated rings. The van der Waals surface area contributed by atoms with Crippen LogP contribution in [0.25, 0.3) is 11.3 Å². The quantitative estimate of drug-likeness (QED) is 0.472. The molecule has 0 amide bonds. The average Bonchev–Trinajstić information content (AvgIpc) is 3.49. The largest absolute Gasteiger partial charge is 0.363 e. The van der Waals surface area contributed by atoms with E-state index in [2.05, 4.69) is 14.8 Å². The Kier molecular flexibility index (Phi) is 5.69. The van der Waals surface area contributed by atoms with Gasteiger partial charge >= 0.3 is 0 Å². The van der Waals surface area contributed by atoms with Crippen LogP contribution >= 0.6 is 34.5 Å². The van der Waals surface area contributed by atoms with Gasteiger partial charge in [-0.25, -0.2) is 4.39 Å². The number of rotatable bonds is 5. The van der Waals surface area contributed by atoms with E-state index in [1.165, 1.54) is 36.7 Å². The van der Waals surface area contributed by atoms with Crippen molar-refractivity contribution >= 4 is 46.2 Å². The van der Waals surface area contributed by atoms with Crippen molar-refractivity contribution < 1.29 is 9.18 Å². The van der Waals surface area contributed by atoms with Crippen LogP contribution in [0.4, 0.5) is 10.2 Å². The normalized spacial score (nSPS) is 10.8. The first-order chi connectivity index (χ1) is 14.9. The highest BCUT2D eigenvalue weighted by Gasteiger charge is 2.27. The van der Waals surface area contributed by atoms with Gasteiger partial charge in [-0.15, -0.1) is 11.3 Å². The fourth-order valence-electron chi connectivity index (χ4n) is 2.86. The number of thiophene rings is 1. The van der Waals surface area contributed by atoms with Crippen LogP contribution in [0, 0.1) is 17.1 Å². The predicted octanol–water partition coefficient (Wildman–Crippen LogP) is 3.73. The van der Waals surface area contributed by atoms with E-state index in [1.54, 1.807) is 17.5 Å². The molecule has 0 aromatic carbocycles. The fraction of sp³-hybridized carbons (Fsp3) is 0.105. The van der Waals surface area contributed by atoms with Crippen LogP contribution in [0.15, 0.2) is 40.6 Å². The maximum atomic E-state index is 15.5. The van der Waals surface area contributed by atoms with Crippen LogP contribution in [0.1, 0.15) is 20.9 Å². The summed E-state index contributed by atoms with van der Waals surface area (Å²) in [5.74, 6) is -1.77. The molecule has 156 valence electrons. The maximum absolute atomic E-state index is 15.5. The second-order valence-corrected chi connectivity index (χ2v) is 8.81. The Hall–Kier alpha value is -3.33. The third kappa shape index (κ3) is 4.00. The molecule has 1 N–H and O–H groups in total. The van der Waals surface area contributed by atoms with Gasteiger partial charge in [-0.05, 0) is 35.8 Å². The molecule has 0 saturated heterocycles. The molecule has 0 aliphatic rings. The molecule has 4 rings (SSSR count). The average molecular weight is 475 g/mol. The van der Waals surface area contributed by atoms with Gasteiger partial charge in [-0.1, -0.05) is 11.6 Å². The van der Waals surface area contributed by atoms with E-state index in [0.717, 1.165) is 25.7 Å². The first-order valence-corrected chi connectivity index (χ1v) is 10.7. The molecule has 0 radical (unpaired) electrons. The molecule has 0 aliphatic heterocycles. The Morgan fingerprint density at radius 1 is 1.39 bits per heavy atom. The first-order valence-electron chi connectivity index (χ1n) is 8.72. The molecule has 4 aromatic rings. The number of nitrogens with zero attached hydrogens (tertiary/aromatic N) is 5. The van der Waals surface area contributed by atoms with Crippen LogP contribution in [0.3, 0.4) is 0 Å². The van der Waals surface area contributed by atoms with Gasteiger partial charge in [0, 0.05) is 23.5 Å². The lowest BCUT2D eigenvalue weighted by molar-refractivity contribution is 0.0943. The first kappa shape index (κ1) is 20.9. The zero-order valence-corrected chi connectivity index (χ0v) is 18.2. The van der Waals surface area contributed by atoms with Crippen molar-refractivity contribution in [3.05, 3.63) is 72.5 Å². The molecule has 0 unspecified atom stereocenters. The number of carbonyl (C=O) groups excluding carboxylic acids is 1. The highest BCUT2D eigenvalue weighted by Crippen LogP contribution is 2.28. The minimum Gasteiger partial charge on any atom is -0.363 e. The van der Waals surface area contributed by atoms with Crippen molar-refractivity contribution in [1.29, 1.82) is 5.26 Å². The third-order valence-corrected chi connectivity index (χ3v) is 6.09. The van der Waals surface area contributed by atoms with Crippen molar-refractivity contribution in [3.8, 4) is 17.3 Å². The molecule has 31 heavy (non-hydrogen) atoms. The summed E-state index contributed by atoms with van der Waals surface area (Å²) in [5, 5.41) is 17.8. The molecule has 0 aliphatic carbocycles. The summed E-state index contributed by atoms with van der Waals surface area (Å²) in [7, 11) is 1.45. The van der Waals surface area contributed by atoms with E-state index in [4.69, 9.17) is 11.6 Å². The number of nitriles is 1. The molecule has 4 aromatic heterocycles. The highest BCUT2D eigenvalue weighted by molar-refractivity contribution is 7.16. The fourth-order valence-corrected chi connectivity index (χ4v) is 4.39. The summed E-state index contributed by atoms with van der Waals surface area (Å²) in [4.78, 5) is 26.3. The summed E-state index contributed by atoms with van der Waals surface area (Å²) in [6.07, 6.45) is 1.33. The van der Waals surface area contributed by atoms with Gasteiger partial charge in [0.25, 0.3) is 11.5 Å². The van der Waals surface area contributed by atoms with E-state index >= 15 is 4.39 Å². The Bertz CT molecular complexity index is 1380. The van der Waals surface area contributed by atoms with Gasteiger partial charge in [0.2, 0.25) is 0 Å². The number of aryl methyl sites for hydroxylation is 1. The number of carbonyl (C=O) groups is 1. The number of anilines is 1. The Morgan fingerprint density at radius 3 is 2.84 bits per heavy atom. The standard InChI is InChI=1S/C19H12ClFN6O2S2/c1-26-9-10(7-22)6-12(18(26)28)16-15(21)17(23-8-11-2-3-14(20)31-11)27(24-16)19(29)13-4-5-30-25-13/h2-6,9,23H,8H2,1H3. The van der Waals surface area contributed by atoms with Crippen LogP contribution in [0.5, 0.6) is 0 Å². The minimum absolute atomic E-state index is 0.0833. The van der Waals surface area contributed by atoms with Gasteiger partial charge in [0.05, 0.1) is 22.0 Å². The summed E-state index contributed by atoms with van der Waals surface area (Å²) in [6, 6.07) is 8.14. The number of pyridine rings is 1. The van der Waals surface area contributed by atoms with Crippen LogP contribution < -0.4 is 10.9 Å². The molecule has 4 heterocycles. The molecular formula is C19H12ClFN6O2S2. The van der Waals surface area contributed by atoms with Crippen molar-refractivity contribution in [2.45, 2.75) is 6.54 Å². The van der Waals surface area contributed by atoms with Gasteiger partial charge in [-0.3, -0.25) is 9.59 Å². The van der Waals surface area contributed by atoms with Crippen molar-refractivity contribution in [1.82, 2.24) is 18.7 Å². The van der Waals surface area contributed by atoms with Gasteiger partial charge in [-0.2, -0.15) is 19.4 Å². The summed E-state index contributed by atoms with van der Waals surface area (Å²) >= 11 is 8.32. The second-order valence-electron chi connectivity index (χ2n) is 6.34. The van der Waals surface area contributed by atoms with E-state index in [0.29, 0.717) is 4.34 Å². The Labute approximate surface area is 187 Å². The zero-order valence-electron chi connectivity index (χ0n) is 15.8. The van der Waals surface area contributed by atoms with Crippen molar-refractivity contribution in [3.63, 3.8) is 0 Å². The van der Waals surface area contributed by atoms with Crippen LogP contribution in [-0.2, 0) is 13.6 Å². The van der Waals surface area contributed by atoms with Crippen molar-refractivity contribution in [2.75, 3.05) is 5.32 Å². The van der Waals surface area contributed by atoms with E-state index in [-0.39, 0.29) is 34.9 Å². The number of hydrogen-bond donors (Lipinski definition) is 1. The number of hydrogen-bond acceptors (Lipinski definition) is 8. The SMILES string of the molecule is Cn1cc(C#N)cc(-c2nn(C(=O)c3ccsn3)c(NCc3ccc(Cl)s3)c2F)c1=O. The lowest BCUT2D eigenvalue weighted by Crippen LogP contribution is -2.19. The Morgan fingerprint density at radius 2 is 2.19 bits per heavy atom. The zero-order chi connectivity index (χ0) is 22.1. The molecule has 0 spiro atoms. The monoisotopic (exact) mass is 474 g/mol. The lowest BCUT2D eigenvalue weighted by Gasteiger charge is -2.06. The summed E-state index contributed by atoms with van der Waals surface area (Å²) in [6.45, 7) is 0.181. The number of halogens is 2. The maximum Gasteiger partial charge on any atom is 0.299 e. The van der Waals surface area contributed by atoms with E-state index in [9.17, 15) is 14.9 Å². The second kappa shape index (κ2) is 8.43. The third-order valence-electron chi connectivity index (χ3n) is 4.30. The van der Waals surface area contributed by atoms with E-state index in [1.807, 2.05) is 6.07 Å².